The molecule has 0 N–H and O–H groups in total. The van der Waals surface area contributed by atoms with E-state index >= 15 is 0 Å². The molecule has 0 bridgehead atoms. The fourth-order valence-corrected chi connectivity index (χ4v) is 4.92. The van der Waals surface area contributed by atoms with E-state index in [2.05, 4.69) is 72.8 Å². The van der Waals surface area contributed by atoms with E-state index in [4.69, 9.17) is 4.98 Å². The van der Waals surface area contributed by atoms with Gasteiger partial charge < -0.3 is 0 Å². The van der Waals surface area contributed by atoms with Crippen molar-refractivity contribution in [1.82, 2.24) is 4.98 Å². The van der Waals surface area contributed by atoms with Gasteiger partial charge in [-0.25, -0.2) is 0 Å². The molecule has 1 heteroatoms. The van der Waals surface area contributed by atoms with Crippen LogP contribution in [0.25, 0.3) is 38.4 Å². The molecule has 28 heavy (non-hydrogen) atoms. The SMILES string of the molecule is C1=CC2=C(CC1)CCc1c2ccc2c(-c3cc4ccccc4cn3)cccc12. The van der Waals surface area contributed by atoms with E-state index in [9.17, 15) is 0 Å². The van der Waals surface area contributed by atoms with E-state index in [1.54, 1.807) is 5.57 Å². The number of pyridine rings is 1. The lowest BCUT2D eigenvalue weighted by molar-refractivity contribution is 0.831. The summed E-state index contributed by atoms with van der Waals surface area (Å²) in [5.74, 6) is 0. The van der Waals surface area contributed by atoms with Crippen LogP contribution in [-0.4, -0.2) is 4.98 Å². The van der Waals surface area contributed by atoms with E-state index in [1.807, 2.05) is 6.20 Å². The first-order valence-corrected chi connectivity index (χ1v) is 10.2. The highest BCUT2D eigenvalue weighted by Gasteiger charge is 2.21. The molecule has 6 rings (SSSR count). The second-order valence-corrected chi connectivity index (χ2v) is 7.87. The molecule has 4 aromatic rings. The molecular weight excluding hydrogens is 338 g/mol. The first-order valence-electron chi connectivity index (χ1n) is 10.2. The van der Waals surface area contributed by atoms with Crippen molar-refractivity contribution in [2.45, 2.75) is 25.7 Å². The lowest BCUT2D eigenvalue weighted by Gasteiger charge is -2.25. The van der Waals surface area contributed by atoms with E-state index in [1.165, 1.54) is 63.1 Å². The Morgan fingerprint density at radius 3 is 2.61 bits per heavy atom. The summed E-state index contributed by atoms with van der Waals surface area (Å²) in [5.41, 5.74) is 8.34. The van der Waals surface area contributed by atoms with Gasteiger partial charge in [0.25, 0.3) is 0 Å². The topological polar surface area (TPSA) is 12.9 Å². The minimum Gasteiger partial charge on any atom is -0.256 e. The fourth-order valence-electron chi connectivity index (χ4n) is 4.92. The summed E-state index contributed by atoms with van der Waals surface area (Å²) in [5, 5.41) is 5.13. The molecule has 2 aliphatic rings. The van der Waals surface area contributed by atoms with Crippen LogP contribution < -0.4 is 0 Å². The summed E-state index contributed by atoms with van der Waals surface area (Å²) in [7, 11) is 0. The maximum absolute atomic E-state index is 4.78. The quantitative estimate of drug-likeness (QED) is 0.353. The molecule has 0 amide bonds. The molecule has 0 spiro atoms. The van der Waals surface area contributed by atoms with Crippen LogP contribution in [0.3, 0.4) is 0 Å². The highest BCUT2D eigenvalue weighted by Crippen LogP contribution is 2.41. The van der Waals surface area contributed by atoms with Crippen LogP contribution in [0.15, 0.2) is 84.6 Å². The third-order valence-electron chi connectivity index (χ3n) is 6.33. The van der Waals surface area contributed by atoms with Crippen molar-refractivity contribution in [2.24, 2.45) is 0 Å². The van der Waals surface area contributed by atoms with Crippen molar-refractivity contribution in [3.8, 4) is 11.3 Å². The van der Waals surface area contributed by atoms with Crippen LogP contribution in [0.1, 0.15) is 30.4 Å². The van der Waals surface area contributed by atoms with Crippen LogP contribution in [0.2, 0.25) is 0 Å². The minimum absolute atomic E-state index is 1.05. The molecule has 0 atom stereocenters. The number of nitrogens with zero attached hydrogens (tertiary/aromatic N) is 1. The number of allylic oxidation sites excluding steroid dienone is 4. The number of rotatable bonds is 1. The maximum atomic E-state index is 4.78. The second-order valence-electron chi connectivity index (χ2n) is 7.87. The van der Waals surface area contributed by atoms with Crippen molar-refractivity contribution < 1.29 is 0 Å². The average molecular weight is 359 g/mol. The van der Waals surface area contributed by atoms with Crippen LogP contribution in [0.4, 0.5) is 0 Å². The number of fused-ring (bicyclic) bond motifs is 5. The van der Waals surface area contributed by atoms with Crippen LogP contribution in [0, 0.1) is 0 Å². The summed E-state index contributed by atoms with van der Waals surface area (Å²) in [6.45, 7) is 0. The average Bonchev–Trinajstić information content (AvgIpc) is 2.78. The Morgan fingerprint density at radius 1 is 0.714 bits per heavy atom. The monoisotopic (exact) mass is 359 g/mol. The van der Waals surface area contributed by atoms with Gasteiger partial charge in [0.15, 0.2) is 0 Å². The lowest BCUT2D eigenvalue weighted by Crippen LogP contribution is -2.07. The first-order chi connectivity index (χ1) is 13.9. The molecule has 0 saturated heterocycles. The van der Waals surface area contributed by atoms with Gasteiger partial charge in [0.2, 0.25) is 0 Å². The van der Waals surface area contributed by atoms with Gasteiger partial charge in [-0.1, -0.05) is 72.3 Å². The molecule has 1 heterocycles. The first kappa shape index (κ1) is 15.8. The predicted octanol–water partition coefficient (Wildman–Crippen LogP) is 7.10. The largest absolute Gasteiger partial charge is 0.256 e. The van der Waals surface area contributed by atoms with Gasteiger partial charge in [-0.3, -0.25) is 4.98 Å². The van der Waals surface area contributed by atoms with Gasteiger partial charge in [-0.05, 0) is 64.6 Å². The Kier molecular flexibility index (Phi) is 3.49. The van der Waals surface area contributed by atoms with E-state index < -0.39 is 0 Å². The van der Waals surface area contributed by atoms with Crippen molar-refractivity contribution in [1.29, 1.82) is 0 Å². The Hall–Kier alpha value is -3.19. The Morgan fingerprint density at radius 2 is 1.64 bits per heavy atom. The predicted molar refractivity (Wildman–Crippen MR) is 118 cm³/mol. The van der Waals surface area contributed by atoms with E-state index in [0.717, 1.165) is 12.1 Å². The highest BCUT2D eigenvalue weighted by atomic mass is 14.7. The molecule has 0 radical (unpaired) electrons. The number of aromatic nitrogens is 1. The van der Waals surface area contributed by atoms with Crippen molar-refractivity contribution in [3.63, 3.8) is 0 Å². The normalized spacial score (nSPS) is 15.7. The molecule has 0 saturated carbocycles. The van der Waals surface area contributed by atoms with Crippen LogP contribution in [-0.2, 0) is 6.42 Å². The lowest BCUT2D eigenvalue weighted by atomic mass is 9.79. The molecule has 0 aliphatic heterocycles. The summed E-state index contributed by atoms with van der Waals surface area (Å²) in [4.78, 5) is 4.78. The van der Waals surface area contributed by atoms with Gasteiger partial charge in [0, 0.05) is 17.1 Å². The van der Waals surface area contributed by atoms with Crippen molar-refractivity contribution in [2.75, 3.05) is 0 Å². The summed E-state index contributed by atoms with van der Waals surface area (Å²) in [6.07, 6.45) is 11.4. The molecule has 134 valence electrons. The van der Waals surface area contributed by atoms with E-state index in [0.29, 0.717) is 0 Å². The smallest absolute Gasteiger partial charge is 0.0714 e. The molecule has 0 unspecified atom stereocenters. The van der Waals surface area contributed by atoms with Crippen molar-refractivity contribution >= 4 is 27.1 Å². The Balaban J connectivity index is 1.57. The summed E-state index contributed by atoms with van der Waals surface area (Å²) < 4.78 is 0. The van der Waals surface area contributed by atoms with Gasteiger partial charge in [-0.2, -0.15) is 0 Å². The second kappa shape index (κ2) is 6.17. The highest BCUT2D eigenvalue weighted by molar-refractivity contribution is 6.02. The maximum Gasteiger partial charge on any atom is 0.0714 e. The molecule has 1 nitrogen and oxygen atoms in total. The molecule has 2 aliphatic carbocycles. The summed E-state index contributed by atoms with van der Waals surface area (Å²) in [6, 6.07) is 22.0. The minimum atomic E-state index is 1.05. The van der Waals surface area contributed by atoms with Gasteiger partial charge in [0.05, 0.1) is 5.69 Å². The summed E-state index contributed by atoms with van der Waals surface area (Å²) >= 11 is 0. The Bertz CT molecular complexity index is 1310. The number of hydrogen-bond donors (Lipinski definition) is 0. The molecular formula is C27H21N. The molecule has 3 aromatic carbocycles. The van der Waals surface area contributed by atoms with Gasteiger partial charge in [-0.15, -0.1) is 0 Å². The zero-order chi connectivity index (χ0) is 18.5. The zero-order valence-electron chi connectivity index (χ0n) is 15.8. The van der Waals surface area contributed by atoms with Crippen LogP contribution in [0.5, 0.6) is 0 Å². The number of hydrogen-bond acceptors (Lipinski definition) is 1. The third kappa shape index (κ3) is 2.36. The van der Waals surface area contributed by atoms with Crippen LogP contribution >= 0.6 is 0 Å². The molecule has 1 aromatic heterocycles. The van der Waals surface area contributed by atoms with Gasteiger partial charge in [0.1, 0.15) is 0 Å². The Labute approximate surface area is 165 Å². The van der Waals surface area contributed by atoms with Gasteiger partial charge >= 0.3 is 0 Å². The fraction of sp³-hybridized carbons (Fsp3) is 0.148. The number of benzene rings is 3. The zero-order valence-corrected chi connectivity index (χ0v) is 15.8. The van der Waals surface area contributed by atoms with Crippen molar-refractivity contribution in [3.05, 3.63) is 95.7 Å². The standard InChI is InChI=1S/C27H21N/c1-2-8-20-17-28-27(16-19(20)7-1)26-11-5-10-22-24-13-12-18-6-3-4-9-21(18)23(24)14-15-25(22)26/h1-2,4-5,7-11,14-17H,3,6,12-13H2. The third-order valence-corrected chi connectivity index (χ3v) is 6.33. The van der Waals surface area contributed by atoms with E-state index in [-0.39, 0.29) is 0 Å². The number of aryl methyl sites for hydroxylation is 1. The molecule has 0 fully saturated rings.